The molecule has 5 aromatic rings. The molecule has 0 fully saturated rings. The quantitative estimate of drug-likeness (QED) is 0.170. The molecule has 202 valence electrons. The minimum absolute atomic E-state index is 0.0220. The van der Waals surface area contributed by atoms with E-state index >= 15 is 0 Å². The van der Waals surface area contributed by atoms with Crippen LogP contribution in [0.4, 0.5) is 5.69 Å². The molecular weight excluding hydrogens is 510 g/mol. The standard InChI is InChI=1S/C35H29N3O3/c1-25-22-29-12-8-9-15-32(29)38(25)33(39)24-41-34(40)21-20-30-23-37(31-13-6-3-7-14-31)36-35(30)28-18-16-27(17-19-28)26-10-4-2-5-11-26/h2-21,23,25H,22,24H2,1H3/b21-20+. The molecular formula is C35H29N3O3. The largest absolute Gasteiger partial charge is 0.452 e. The number of hydrogen-bond donors (Lipinski definition) is 0. The van der Waals surface area contributed by atoms with Crippen LogP contribution in [-0.2, 0) is 20.7 Å². The number of carbonyl (C=O) groups excluding carboxylic acids is 2. The molecule has 6 heteroatoms. The first-order chi connectivity index (χ1) is 20.1. The Balaban J connectivity index is 1.21. The second-order valence-corrected chi connectivity index (χ2v) is 10.0. The van der Waals surface area contributed by atoms with Crippen molar-refractivity contribution in [2.75, 3.05) is 11.5 Å². The fourth-order valence-electron chi connectivity index (χ4n) is 5.25. The van der Waals surface area contributed by atoms with Crippen LogP contribution >= 0.6 is 0 Å². The first-order valence-electron chi connectivity index (χ1n) is 13.6. The van der Waals surface area contributed by atoms with Gasteiger partial charge in [-0.25, -0.2) is 9.48 Å². The monoisotopic (exact) mass is 539 g/mol. The highest BCUT2D eigenvalue weighted by atomic mass is 16.5. The number of anilines is 1. The summed E-state index contributed by atoms with van der Waals surface area (Å²) in [6.45, 7) is 1.68. The molecule has 0 saturated carbocycles. The van der Waals surface area contributed by atoms with Gasteiger partial charge in [-0.2, -0.15) is 5.10 Å². The number of nitrogens with zero attached hydrogens (tertiary/aromatic N) is 3. The molecule has 4 aromatic carbocycles. The van der Waals surface area contributed by atoms with E-state index in [0.29, 0.717) is 0 Å². The molecule has 1 aliphatic rings. The third-order valence-corrected chi connectivity index (χ3v) is 7.24. The number of fused-ring (bicyclic) bond motifs is 1. The number of benzene rings is 4. The molecule has 0 aliphatic carbocycles. The summed E-state index contributed by atoms with van der Waals surface area (Å²) in [5.41, 5.74) is 7.57. The van der Waals surface area contributed by atoms with Gasteiger partial charge in [0.25, 0.3) is 5.91 Å². The molecule has 6 rings (SSSR count). The number of esters is 1. The topological polar surface area (TPSA) is 64.4 Å². The van der Waals surface area contributed by atoms with Gasteiger partial charge in [-0.15, -0.1) is 0 Å². The summed E-state index contributed by atoms with van der Waals surface area (Å²) in [4.78, 5) is 27.3. The van der Waals surface area contributed by atoms with Crippen molar-refractivity contribution in [1.29, 1.82) is 0 Å². The van der Waals surface area contributed by atoms with E-state index in [4.69, 9.17) is 9.84 Å². The lowest BCUT2D eigenvalue weighted by molar-refractivity contribution is -0.143. The number of hydrogen-bond acceptors (Lipinski definition) is 4. The third kappa shape index (κ3) is 5.58. The van der Waals surface area contributed by atoms with Crippen LogP contribution in [0.3, 0.4) is 0 Å². The van der Waals surface area contributed by atoms with Gasteiger partial charge in [-0.3, -0.25) is 4.79 Å². The van der Waals surface area contributed by atoms with Gasteiger partial charge in [0.1, 0.15) is 0 Å². The number of aromatic nitrogens is 2. The second kappa shape index (κ2) is 11.5. The Bertz CT molecular complexity index is 1710. The molecule has 2 heterocycles. The van der Waals surface area contributed by atoms with Gasteiger partial charge in [0.2, 0.25) is 0 Å². The van der Waals surface area contributed by atoms with Crippen LogP contribution in [0.15, 0.2) is 121 Å². The maximum absolute atomic E-state index is 12.9. The maximum Gasteiger partial charge on any atom is 0.331 e. The van der Waals surface area contributed by atoms with E-state index in [1.165, 1.54) is 6.08 Å². The van der Waals surface area contributed by atoms with E-state index in [1.54, 1.807) is 15.7 Å². The normalized spacial score (nSPS) is 14.3. The van der Waals surface area contributed by atoms with Gasteiger partial charge in [-0.1, -0.05) is 91.0 Å². The van der Waals surface area contributed by atoms with Crippen molar-refractivity contribution in [2.24, 2.45) is 0 Å². The number of rotatable bonds is 7. The Morgan fingerprint density at radius 1 is 0.829 bits per heavy atom. The maximum atomic E-state index is 12.9. The van der Waals surface area contributed by atoms with Gasteiger partial charge in [0, 0.05) is 35.1 Å². The fourth-order valence-corrected chi connectivity index (χ4v) is 5.25. The molecule has 0 bridgehead atoms. The zero-order valence-corrected chi connectivity index (χ0v) is 22.7. The lowest BCUT2D eigenvalue weighted by atomic mass is 10.0. The molecule has 1 atom stereocenters. The molecule has 0 spiro atoms. The second-order valence-electron chi connectivity index (χ2n) is 10.0. The Labute approximate surface area is 239 Å². The first-order valence-corrected chi connectivity index (χ1v) is 13.6. The zero-order valence-electron chi connectivity index (χ0n) is 22.7. The van der Waals surface area contributed by atoms with Crippen LogP contribution in [0.25, 0.3) is 34.1 Å². The highest BCUT2D eigenvalue weighted by Gasteiger charge is 2.30. The van der Waals surface area contributed by atoms with E-state index < -0.39 is 5.97 Å². The van der Waals surface area contributed by atoms with Crippen LogP contribution in [0.5, 0.6) is 0 Å². The lowest BCUT2D eigenvalue weighted by Gasteiger charge is -2.22. The predicted octanol–water partition coefficient (Wildman–Crippen LogP) is 6.74. The van der Waals surface area contributed by atoms with E-state index in [9.17, 15) is 9.59 Å². The van der Waals surface area contributed by atoms with E-state index in [2.05, 4.69) is 24.3 Å². The van der Waals surface area contributed by atoms with E-state index in [-0.39, 0.29) is 18.6 Å². The number of para-hydroxylation sites is 2. The summed E-state index contributed by atoms with van der Waals surface area (Å²) < 4.78 is 7.15. The Kier molecular flexibility index (Phi) is 7.28. The van der Waals surface area contributed by atoms with Gasteiger partial charge in [0.05, 0.1) is 11.4 Å². The van der Waals surface area contributed by atoms with Crippen LogP contribution in [-0.4, -0.2) is 34.3 Å². The summed E-state index contributed by atoms with van der Waals surface area (Å²) in [5.74, 6) is -0.823. The summed E-state index contributed by atoms with van der Waals surface area (Å²) in [6.07, 6.45) is 5.71. The predicted molar refractivity (Wildman–Crippen MR) is 162 cm³/mol. The molecule has 0 N–H and O–H groups in total. The Hall–Kier alpha value is -5.23. The van der Waals surface area contributed by atoms with E-state index in [1.807, 2.05) is 98.0 Å². The first kappa shape index (κ1) is 26.0. The van der Waals surface area contributed by atoms with Gasteiger partial charge >= 0.3 is 5.97 Å². The van der Waals surface area contributed by atoms with Crippen LogP contribution < -0.4 is 4.90 Å². The summed E-state index contributed by atoms with van der Waals surface area (Å²) in [6, 6.07) is 36.0. The minimum atomic E-state index is -0.587. The summed E-state index contributed by atoms with van der Waals surface area (Å²) >= 11 is 0. The van der Waals surface area contributed by atoms with Gasteiger partial charge in [-0.05, 0) is 54.3 Å². The van der Waals surface area contributed by atoms with Crippen LogP contribution in [0.2, 0.25) is 0 Å². The molecule has 1 unspecified atom stereocenters. The Morgan fingerprint density at radius 2 is 1.46 bits per heavy atom. The van der Waals surface area contributed by atoms with E-state index in [0.717, 1.165) is 51.3 Å². The average molecular weight is 540 g/mol. The smallest absolute Gasteiger partial charge is 0.331 e. The minimum Gasteiger partial charge on any atom is -0.452 e. The Morgan fingerprint density at radius 3 is 2.22 bits per heavy atom. The highest BCUT2D eigenvalue weighted by Crippen LogP contribution is 2.32. The van der Waals surface area contributed by atoms with Crippen molar-refractivity contribution in [3.05, 3.63) is 133 Å². The summed E-state index contributed by atoms with van der Waals surface area (Å²) in [5, 5.41) is 4.84. The highest BCUT2D eigenvalue weighted by molar-refractivity contribution is 5.98. The summed E-state index contributed by atoms with van der Waals surface area (Å²) in [7, 11) is 0. The van der Waals surface area contributed by atoms with Crippen molar-refractivity contribution in [3.8, 4) is 28.1 Å². The van der Waals surface area contributed by atoms with Crippen molar-refractivity contribution in [3.63, 3.8) is 0 Å². The third-order valence-electron chi connectivity index (χ3n) is 7.24. The van der Waals surface area contributed by atoms with Crippen molar-refractivity contribution < 1.29 is 14.3 Å². The number of amides is 1. The molecule has 0 radical (unpaired) electrons. The molecule has 6 nitrogen and oxygen atoms in total. The van der Waals surface area contributed by atoms with Crippen molar-refractivity contribution >= 4 is 23.6 Å². The van der Waals surface area contributed by atoms with Crippen molar-refractivity contribution in [1.82, 2.24) is 9.78 Å². The molecule has 1 amide bonds. The lowest BCUT2D eigenvalue weighted by Crippen LogP contribution is -2.38. The van der Waals surface area contributed by atoms with Crippen molar-refractivity contribution in [2.45, 2.75) is 19.4 Å². The molecule has 1 aliphatic heterocycles. The molecule has 0 saturated heterocycles. The number of carbonyl (C=O) groups is 2. The molecule has 41 heavy (non-hydrogen) atoms. The number of ether oxygens (including phenoxy) is 1. The van der Waals surface area contributed by atoms with Crippen LogP contribution in [0, 0.1) is 0 Å². The van der Waals surface area contributed by atoms with Crippen LogP contribution in [0.1, 0.15) is 18.1 Å². The molecule has 1 aromatic heterocycles. The SMILES string of the molecule is CC1Cc2ccccc2N1C(=O)COC(=O)/C=C/c1cn(-c2ccccc2)nc1-c1ccc(-c2ccccc2)cc1. The average Bonchev–Trinajstić information content (AvgIpc) is 3.60. The van der Waals surface area contributed by atoms with Gasteiger partial charge < -0.3 is 9.64 Å². The zero-order chi connectivity index (χ0) is 28.2. The van der Waals surface area contributed by atoms with Gasteiger partial charge in [0.15, 0.2) is 6.61 Å². The fraction of sp³-hybridized carbons (Fsp3) is 0.114.